The second-order valence-corrected chi connectivity index (χ2v) is 22.5. The van der Waals surface area contributed by atoms with Crippen molar-refractivity contribution in [3.05, 3.63) is 11.5 Å². The van der Waals surface area contributed by atoms with Crippen LogP contribution in [0, 0.1) is 0 Å². The minimum Gasteiger partial charge on any atom is -0.676 e. The SMILES string of the molecule is [Cl][Pt+2]([Cl])([Cl])[Cl].[NH-][C@@H]1CCCC[C@H]1[NH-]. The van der Waals surface area contributed by atoms with E-state index in [4.69, 9.17) is 49.1 Å². The predicted octanol–water partition coefficient (Wildman–Crippen LogP) is 5.16. The van der Waals surface area contributed by atoms with Crippen LogP contribution in [0.25, 0.3) is 11.5 Å². The molecule has 0 aromatic heterocycles. The quantitative estimate of drug-likeness (QED) is 0.491. The third-order valence-electron chi connectivity index (χ3n) is 1.77. The Hall–Kier alpha value is 1.77. The summed E-state index contributed by atoms with van der Waals surface area (Å²) in [6.07, 6.45) is 4.25. The molecule has 2 nitrogen and oxygen atoms in total. The molecule has 1 fully saturated rings. The van der Waals surface area contributed by atoms with E-state index in [1.807, 2.05) is 0 Å². The standard InChI is InChI=1S/C6H12N2.4ClH.Pt/c7-5-3-1-2-4-6(5)8;;;;;/h5-8H,1-4H2;4*1H;/q-2;;;;;+6/p-4/t5-,6-;;;;;/m1...../s1. The molecular weight excluding hydrogens is 437 g/mol. The molecule has 0 aromatic rings. The molecule has 84 valence electrons. The normalized spacial score (nSPS) is 30.3. The largest absolute Gasteiger partial charge is 0.676 e. The summed E-state index contributed by atoms with van der Waals surface area (Å²) in [6.45, 7) is 0. The molecule has 0 bridgehead atoms. The summed E-state index contributed by atoms with van der Waals surface area (Å²) in [5, 5.41) is 0. The van der Waals surface area contributed by atoms with Crippen LogP contribution in [-0.4, -0.2) is 12.1 Å². The first-order valence-corrected chi connectivity index (χ1v) is 15.0. The Morgan fingerprint density at radius 1 is 0.846 bits per heavy atom. The van der Waals surface area contributed by atoms with Crippen LogP contribution >= 0.6 is 37.7 Å². The van der Waals surface area contributed by atoms with Gasteiger partial charge in [0.25, 0.3) is 0 Å². The van der Waals surface area contributed by atoms with Crippen molar-refractivity contribution >= 4 is 37.7 Å². The summed E-state index contributed by atoms with van der Waals surface area (Å²) in [6, 6.07) is -0.160. The molecule has 0 spiro atoms. The summed E-state index contributed by atoms with van der Waals surface area (Å²) < 4.78 is 0. The van der Waals surface area contributed by atoms with Gasteiger partial charge >= 0.3 is 49.6 Å². The summed E-state index contributed by atoms with van der Waals surface area (Å²) >= 11 is -3.06. The van der Waals surface area contributed by atoms with E-state index in [-0.39, 0.29) is 12.1 Å². The van der Waals surface area contributed by atoms with Gasteiger partial charge in [0, 0.05) is 0 Å². The maximum absolute atomic E-state index is 7.29. The van der Waals surface area contributed by atoms with Crippen molar-refractivity contribution in [1.29, 1.82) is 0 Å². The van der Waals surface area contributed by atoms with Crippen molar-refractivity contribution in [2.45, 2.75) is 37.8 Å². The minimum absolute atomic E-state index is 0.0799. The monoisotopic (exact) mass is 447 g/mol. The number of nitrogens with one attached hydrogen (secondary N) is 2. The fourth-order valence-corrected chi connectivity index (χ4v) is 1.13. The Bertz CT molecular complexity index is 125. The maximum atomic E-state index is 7.29. The summed E-state index contributed by atoms with van der Waals surface area (Å²) in [5.41, 5.74) is 14.6. The maximum Gasteiger partial charge on any atom is -0.0548 e. The van der Waals surface area contributed by atoms with E-state index >= 15 is 0 Å². The topological polar surface area (TPSA) is 47.6 Å². The van der Waals surface area contributed by atoms with Crippen LogP contribution in [-0.2, 0) is 11.9 Å². The van der Waals surface area contributed by atoms with Crippen molar-refractivity contribution in [2.24, 2.45) is 0 Å². The summed E-state index contributed by atoms with van der Waals surface area (Å²) in [7, 11) is 20.0. The fourth-order valence-electron chi connectivity index (χ4n) is 1.13. The zero-order chi connectivity index (χ0) is 10.5. The van der Waals surface area contributed by atoms with E-state index < -0.39 is 11.9 Å². The van der Waals surface area contributed by atoms with E-state index in [2.05, 4.69) is 0 Å². The Morgan fingerprint density at radius 2 is 1.08 bits per heavy atom. The summed E-state index contributed by atoms with van der Waals surface area (Å²) in [4.78, 5) is 0. The smallest absolute Gasteiger partial charge is 0.0548 e. The number of halogens is 4. The minimum atomic E-state index is -3.06. The number of rotatable bonds is 0. The first-order chi connectivity index (χ1) is 5.80. The second-order valence-electron chi connectivity index (χ2n) is 2.77. The predicted molar refractivity (Wildman–Crippen MR) is 58.1 cm³/mol. The first kappa shape index (κ1) is 14.8. The van der Waals surface area contributed by atoms with Gasteiger partial charge in [-0.15, -0.1) is 0 Å². The average Bonchev–Trinajstić information content (AvgIpc) is 1.92. The Labute approximate surface area is 98.1 Å². The van der Waals surface area contributed by atoms with Crippen molar-refractivity contribution in [2.75, 3.05) is 0 Å². The van der Waals surface area contributed by atoms with Crippen LogP contribution in [0.4, 0.5) is 0 Å². The molecule has 1 rings (SSSR count). The first-order valence-electron chi connectivity index (χ1n) is 3.71. The average molecular weight is 449 g/mol. The van der Waals surface area contributed by atoms with Gasteiger partial charge < -0.3 is 11.5 Å². The van der Waals surface area contributed by atoms with Gasteiger partial charge in [-0.05, 0) is 0 Å². The van der Waals surface area contributed by atoms with Gasteiger partial charge in [-0.3, -0.25) is 0 Å². The van der Waals surface area contributed by atoms with E-state index in [1.54, 1.807) is 0 Å². The Balaban J connectivity index is 0.000000252. The molecule has 0 amide bonds. The second kappa shape index (κ2) is 7.11. The molecule has 7 heteroatoms. The van der Waals surface area contributed by atoms with Crippen LogP contribution in [0.3, 0.4) is 0 Å². The van der Waals surface area contributed by atoms with Crippen molar-refractivity contribution in [1.82, 2.24) is 0 Å². The molecule has 0 heterocycles. The van der Waals surface area contributed by atoms with Crippen molar-refractivity contribution in [3.63, 3.8) is 0 Å². The van der Waals surface area contributed by atoms with Crippen LogP contribution in [0.1, 0.15) is 25.7 Å². The molecule has 0 unspecified atom stereocenters. The molecule has 1 aliphatic rings. The van der Waals surface area contributed by atoms with Crippen LogP contribution in [0.15, 0.2) is 0 Å². The number of hydrogen-bond donors (Lipinski definition) is 0. The van der Waals surface area contributed by atoms with Crippen molar-refractivity contribution in [3.8, 4) is 0 Å². The van der Waals surface area contributed by atoms with Crippen molar-refractivity contribution < 1.29 is 11.9 Å². The van der Waals surface area contributed by atoms with Gasteiger partial charge in [-0.25, -0.2) is 0 Å². The van der Waals surface area contributed by atoms with Gasteiger partial charge in [0.2, 0.25) is 0 Å². The van der Waals surface area contributed by atoms with Crippen LogP contribution in [0.2, 0.25) is 0 Å². The molecule has 0 aliphatic heterocycles. The Morgan fingerprint density at radius 3 is 1.23 bits per heavy atom. The molecule has 2 atom stereocenters. The molecular formula is C6H12Cl4N2Pt. The van der Waals surface area contributed by atoms with Gasteiger partial charge in [0.05, 0.1) is 0 Å². The molecule has 1 saturated carbocycles. The zero-order valence-corrected chi connectivity index (χ0v) is 12.1. The van der Waals surface area contributed by atoms with Gasteiger partial charge in [-0.2, -0.15) is 12.1 Å². The third-order valence-corrected chi connectivity index (χ3v) is 1.77. The Kier molecular flexibility index (Phi) is 8.08. The molecule has 0 saturated heterocycles. The van der Waals surface area contributed by atoms with E-state index in [0.717, 1.165) is 12.8 Å². The zero-order valence-electron chi connectivity index (χ0n) is 6.81. The molecule has 0 aromatic carbocycles. The molecule has 13 heavy (non-hydrogen) atoms. The molecule has 0 radical (unpaired) electrons. The summed E-state index contributed by atoms with van der Waals surface area (Å²) in [5.74, 6) is 0. The van der Waals surface area contributed by atoms with E-state index in [1.165, 1.54) is 12.8 Å². The van der Waals surface area contributed by atoms with E-state index in [9.17, 15) is 0 Å². The van der Waals surface area contributed by atoms with E-state index in [0.29, 0.717) is 0 Å². The molecule has 2 N–H and O–H groups in total. The van der Waals surface area contributed by atoms with Gasteiger partial charge in [0.1, 0.15) is 0 Å². The fraction of sp³-hybridized carbons (Fsp3) is 1.00. The van der Waals surface area contributed by atoms with Gasteiger partial charge in [-0.1, -0.05) is 25.7 Å². The van der Waals surface area contributed by atoms with Crippen LogP contribution < -0.4 is 0 Å². The van der Waals surface area contributed by atoms with Gasteiger partial charge in [0.15, 0.2) is 0 Å². The third kappa shape index (κ3) is 11.7. The number of hydrogen-bond acceptors (Lipinski definition) is 0. The molecule has 1 aliphatic carbocycles. The van der Waals surface area contributed by atoms with Crippen LogP contribution in [0.5, 0.6) is 0 Å².